The fraction of sp³-hybridized carbons (Fsp3) is 0.333. The molecule has 2 heterocycles. The number of carboxylic acid groups (broad SMARTS) is 1. The largest absolute Gasteiger partial charge is 0.478 e. The van der Waals surface area contributed by atoms with Crippen LogP contribution in [-0.4, -0.2) is 25.4 Å². The molecular formula is C12H13BrClN3O2. The summed E-state index contributed by atoms with van der Waals surface area (Å²) < 4.78 is 4.21. The fourth-order valence-corrected chi connectivity index (χ4v) is 2.70. The molecule has 0 aliphatic heterocycles. The Morgan fingerprint density at radius 1 is 1.58 bits per heavy atom. The first-order valence-electron chi connectivity index (χ1n) is 5.73. The van der Waals surface area contributed by atoms with Crippen LogP contribution in [0.15, 0.2) is 16.9 Å². The molecule has 0 aliphatic rings. The lowest BCUT2D eigenvalue weighted by Gasteiger charge is -2.06. The molecule has 1 N–H and O–H groups in total. The van der Waals surface area contributed by atoms with E-state index in [1.54, 1.807) is 21.5 Å². The molecule has 7 heteroatoms. The maximum atomic E-state index is 10.9. The minimum atomic E-state index is -0.954. The van der Waals surface area contributed by atoms with Crippen LogP contribution in [-0.2, 0) is 20.0 Å². The first kappa shape index (κ1) is 14.1. The van der Waals surface area contributed by atoms with Crippen LogP contribution in [0.3, 0.4) is 0 Å². The highest BCUT2D eigenvalue weighted by atomic mass is 79.9. The van der Waals surface area contributed by atoms with Crippen LogP contribution in [0.2, 0.25) is 5.02 Å². The number of rotatable bonds is 4. The van der Waals surface area contributed by atoms with Gasteiger partial charge in [-0.25, -0.2) is 4.79 Å². The minimum Gasteiger partial charge on any atom is -0.478 e. The smallest absolute Gasteiger partial charge is 0.337 e. The number of carbonyl (C=O) groups is 1. The molecule has 2 aromatic rings. The molecule has 2 rings (SSSR count). The predicted molar refractivity (Wildman–Crippen MR) is 75.8 cm³/mol. The molecule has 0 atom stereocenters. The summed E-state index contributed by atoms with van der Waals surface area (Å²) in [6, 6.07) is 1.56. The summed E-state index contributed by atoms with van der Waals surface area (Å²) in [6.45, 7) is 2.46. The third-order valence-corrected chi connectivity index (χ3v) is 4.03. The van der Waals surface area contributed by atoms with Gasteiger partial charge in [0.15, 0.2) is 0 Å². The molecule has 0 saturated heterocycles. The van der Waals surface area contributed by atoms with Crippen LogP contribution in [0, 0.1) is 0 Å². The molecule has 0 bridgehead atoms. The maximum Gasteiger partial charge on any atom is 0.337 e. The van der Waals surface area contributed by atoms with E-state index in [0.717, 1.165) is 17.8 Å². The molecule has 0 fully saturated rings. The zero-order valence-electron chi connectivity index (χ0n) is 10.5. The second-order valence-electron chi connectivity index (χ2n) is 4.17. The summed E-state index contributed by atoms with van der Waals surface area (Å²) >= 11 is 9.62. The molecule has 5 nitrogen and oxygen atoms in total. The van der Waals surface area contributed by atoms with E-state index in [2.05, 4.69) is 21.0 Å². The Kier molecular flexibility index (Phi) is 4.01. The van der Waals surface area contributed by atoms with Crippen molar-refractivity contribution in [3.8, 4) is 0 Å². The van der Waals surface area contributed by atoms with E-state index in [0.29, 0.717) is 16.2 Å². The van der Waals surface area contributed by atoms with E-state index in [1.165, 1.54) is 0 Å². The van der Waals surface area contributed by atoms with Gasteiger partial charge in [-0.05, 0) is 28.4 Å². The molecule has 0 aromatic carbocycles. The summed E-state index contributed by atoms with van der Waals surface area (Å²) in [6.07, 6.45) is 2.33. The van der Waals surface area contributed by atoms with E-state index in [-0.39, 0.29) is 5.56 Å². The predicted octanol–water partition coefficient (Wildman–Crippen LogP) is 2.95. The van der Waals surface area contributed by atoms with Crippen molar-refractivity contribution >= 4 is 33.5 Å². The Morgan fingerprint density at radius 3 is 2.74 bits per heavy atom. The quantitative estimate of drug-likeness (QED) is 0.926. The molecule has 0 amide bonds. The van der Waals surface area contributed by atoms with Gasteiger partial charge in [0.2, 0.25) is 0 Å². The van der Waals surface area contributed by atoms with E-state index in [4.69, 9.17) is 16.7 Å². The monoisotopic (exact) mass is 345 g/mol. The SMILES string of the molecule is CCc1nn(C)c(Cn2cc(C(=O)O)cc2Br)c1Cl. The van der Waals surface area contributed by atoms with E-state index >= 15 is 0 Å². The van der Waals surface area contributed by atoms with Gasteiger partial charge in [0.25, 0.3) is 0 Å². The van der Waals surface area contributed by atoms with Gasteiger partial charge in [0, 0.05) is 13.2 Å². The highest BCUT2D eigenvalue weighted by Crippen LogP contribution is 2.24. The number of halogens is 2. The number of nitrogens with zero attached hydrogens (tertiary/aromatic N) is 3. The number of aromatic carboxylic acids is 1. The van der Waals surface area contributed by atoms with Crippen LogP contribution in [0.1, 0.15) is 28.7 Å². The van der Waals surface area contributed by atoms with Gasteiger partial charge in [0.1, 0.15) is 0 Å². The van der Waals surface area contributed by atoms with Gasteiger partial charge in [-0.2, -0.15) is 5.10 Å². The van der Waals surface area contributed by atoms with Crippen molar-refractivity contribution in [2.24, 2.45) is 7.05 Å². The van der Waals surface area contributed by atoms with E-state index in [1.807, 2.05) is 14.0 Å². The Balaban J connectivity index is 2.36. The Labute approximate surface area is 123 Å². The molecule has 0 aliphatic carbocycles. The van der Waals surface area contributed by atoms with Crippen molar-refractivity contribution in [3.05, 3.63) is 38.8 Å². The molecule has 102 valence electrons. The molecule has 0 spiro atoms. The summed E-state index contributed by atoms with van der Waals surface area (Å²) in [5, 5.41) is 13.9. The van der Waals surface area contributed by atoms with Crippen LogP contribution in [0.5, 0.6) is 0 Å². The summed E-state index contributed by atoms with van der Waals surface area (Å²) in [4.78, 5) is 10.9. The van der Waals surface area contributed by atoms with Crippen LogP contribution in [0.25, 0.3) is 0 Å². The zero-order chi connectivity index (χ0) is 14.2. The maximum absolute atomic E-state index is 10.9. The average Bonchev–Trinajstić information content (AvgIpc) is 2.85. The van der Waals surface area contributed by atoms with Crippen LogP contribution >= 0.6 is 27.5 Å². The first-order valence-corrected chi connectivity index (χ1v) is 6.90. The highest BCUT2D eigenvalue weighted by molar-refractivity contribution is 9.10. The van der Waals surface area contributed by atoms with Crippen LogP contribution in [0.4, 0.5) is 0 Å². The second-order valence-corrected chi connectivity index (χ2v) is 5.36. The van der Waals surface area contributed by atoms with Gasteiger partial charge in [-0.15, -0.1) is 0 Å². The van der Waals surface area contributed by atoms with Gasteiger partial charge >= 0.3 is 5.97 Å². The topological polar surface area (TPSA) is 60.0 Å². The van der Waals surface area contributed by atoms with Crippen molar-refractivity contribution in [1.29, 1.82) is 0 Å². The summed E-state index contributed by atoms with van der Waals surface area (Å²) in [5.41, 5.74) is 1.94. The van der Waals surface area contributed by atoms with E-state index in [9.17, 15) is 4.79 Å². The normalized spacial score (nSPS) is 10.9. The van der Waals surface area contributed by atoms with Crippen molar-refractivity contribution in [2.45, 2.75) is 19.9 Å². The third kappa shape index (κ3) is 2.69. The minimum absolute atomic E-state index is 0.237. The van der Waals surface area contributed by atoms with Gasteiger partial charge in [-0.3, -0.25) is 4.68 Å². The molecule has 2 aromatic heterocycles. The Bertz CT molecular complexity index is 633. The molecular weight excluding hydrogens is 334 g/mol. The lowest BCUT2D eigenvalue weighted by molar-refractivity contribution is 0.0697. The van der Waals surface area contributed by atoms with Gasteiger partial charge < -0.3 is 9.67 Å². The third-order valence-electron chi connectivity index (χ3n) is 2.91. The molecule has 19 heavy (non-hydrogen) atoms. The average molecular weight is 347 g/mol. The molecule has 0 unspecified atom stereocenters. The fourth-order valence-electron chi connectivity index (χ4n) is 1.87. The van der Waals surface area contributed by atoms with Crippen molar-refractivity contribution in [2.75, 3.05) is 0 Å². The van der Waals surface area contributed by atoms with Crippen LogP contribution < -0.4 is 0 Å². The summed E-state index contributed by atoms with van der Waals surface area (Å²) in [5.74, 6) is -0.954. The standard InChI is InChI=1S/C12H13BrClN3O2/c1-3-8-11(14)9(16(2)15-8)6-17-5-7(12(18)19)4-10(17)13/h4-5H,3,6H2,1-2H3,(H,18,19). The zero-order valence-corrected chi connectivity index (χ0v) is 12.9. The highest BCUT2D eigenvalue weighted by Gasteiger charge is 2.16. The lowest BCUT2D eigenvalue weighted by Crippen LogP contribution is -2.05. The second kappa shape index (κ2) is 5.38. The Morgan fingerprint density at radius 2 is 2.26 bits per heavy atom. The lowest BCUT2D eigenvalue weighted by atomic mass is 10.3. The van der Waals surface area contributed by atoms with Crippen molar-refractivity contribution in [3.63, 3.8) is 0 Å². The van der Waals surface area contributed by atoms with Crippen molar-refractivity contribution < 1.29 is 9.90 Å². The number of hydrogen-bond donors (Lipinski definition) is 1. The van der Waals surface area contributed by atoms with Crippen molar-refractivity contribution in [1.82, 2.24) is 14.3 Å². The van der Waals surface area contributed by atoms with Gasteiger partial charge in [0.05, 0.1) is 33.1 Å². The number of carboxylic acids is 1. The van der Waals surface area contributed by atoms with Gasteiger partial charge in [-0.1, -0.05) is 18.5 Å². The number of aromatic nitrogens is 3. The molecule has 0 radical (unpaired) electrons. The first-order chi connectivity index (χ1) is 8.93. The van der Waals surface area contributed by atoms with E-state index < -0.39 is 5.97 Å². The number of hydrogen-bond acceptors (Lipinski definition) is 2. The number of aryl methyl sites for hydroxylation is 2. The molecule has 0 saturated carbocycles. The Hall–Kier alpha value is -1.27. The summed E-state index contributed by atoms with van der Waals surface area (Å²) in [7, 11) is 1.83.